The lowest BCUT2D eigenvalue weighted by atomic mass is 9.75. The van der Waals surface area contributed by atoms with Gasteiger partial charge in [-0.2, -0.15) is 0 Å². The summed E-state index contributed by atoms with van der Waals surface area (Å²) in [5.74, 6) is 1.55. The number of carbonyl (C=O) groups is 2. The molecule has 1 N–H and O–H groups in total. The Balaban J connectivity index is 1.44. The van der Waals surface area contributed by atoms with Gasteiger partial charge >= 0.3 is 0 Å². The summed E-state index contributed by atoms with van der Waals surface area (Å²) < 4.78 is 22.4. The van der Waals surface area contributed by atoms with Gasteiger partial charge in [-0.1, -0.05) is 18.2 Å². The third kappa shape index (κ3) is 3.52. The Morgan fingerprint density at radius 1 is 0.944 bits per heavy atom. The Kier molecular flexibility index (Phi) is 5.44. The minimum atomic E-state index is -0.621. The zero-order valence-electron chi connectivity index (χ0n) is 20.1. The molecule has 0 radical (unpaired) electrons. The molecule has 2 atom stereocenters. The summed E-state index contributed by atoms with van der Waals surface area (Å²) >= 11 is 0. The van der Waals surface area contributed by atoms with E-state index in [1.165, 1.54) is 0 Å². The molecule has 36 heavy (non-hydrogen) atoms. The molecule has 3 aromatic rings. The van der Waals surface area contributed by atoms with Crippen molar-refractivity contribution in [3.05, 3.63) is 76.9 Å². The molecule has 8 nitrogen and oxygen atoms in total. The van der Waals surface area contributed by atoms with Crippen LogP contribution in [0.3, 0.4) is 0 Å². The van der Waals surface area contributed by atoms with Crippen molar-refractivity contribution in [2.75, 3.05) is 39.3 Å². The lowest BCUT2D eigenvalue weighted by molar-refractivity contribution is -0.119. The highest BCUT2D eigenvalue weighted by Gasteiger charge is 2.46. The molecular weight excluding hydrogens is 460 g/mol. The fraction of sp³-hybridized carbons (Fsp3) is 0.286. The molecule has 6 rings (SSSR count). The van der Waals surface area contributed by atoms with E-state index in [1.54, 1.807) is 38.5 Å². The fourth-order valence-corrected chi connectivity index (χ4v) is 5.48. The number of anilines is 1. The lowest BCUT2D eigenvalue weighted by Crippen LogP contribution is -2.49. The van der Waals surface area contributed by atoms with Gasteiger partial charge in [0.25, 0.3) is 5.91 Å². The van der Waals surface area contributed by atoms with Crippen LogP contribution in [0.15, 0.2) is 54.6 Å². The maximum atomic E-state index is 14.0. The molecule has 3 aliphatic heterocycles. The molecule has 184 valence electrons. The smallest absolute Gasteiger partial charge is 0.254 e. The third-order valence-corrected chi connectivity index (χ3v) is 7.12. The number of nitrogens with one attached hydrogen (secondary N) is 1. The Morgan fingerprint density at radius 3 is 2.50 bits per heavy atom. The summed E-state index contributed by atoms with van der Waals surface area (Å²) in [6, 6.07) is 16.1. The van der Waals surface area contributed by atoms with E-state index in [9.17, 15) is 9.59 Å². The Hall–Kier alpha value is -4.20. The van der Waals surface area contributed by atoms with Gasteiger partial charge in [-0.05, 0) is 53.4 Å². The average Bonchev–Trinajstić information content (AvgIpc) is 2.92. The summed E-state index contributed by atoms with van der Waals surface area (Å²) in [6.45, 7) is 1.46. The largest absolute Gasteiger partial charge is 0.493 e. The Labute approximate surface area is 208 Å². The van der Waals surface area contributed by atoms with Crippen molar-refractivity contribution < 1.29 is 28.5 Å². The van der Waals surface area contributed by atoms with Gasteiger partial charge in [0, 0.05) is 23.9 Å². The van der Waals surface area contributed by atoms with Crippen LogP contribution >= 0.6 is 0 Å². The third-order valence-electron chi connectivity index (χ3n) is 7.12. The number of amides is 2. The van der Waals surface area contributed by atoms with Crippen molar-refractivity contribution in [2.45, 2.75) is 18.4 Å². The number of nitrogens with zero attached hydrogens (tertiary/aromatic N) is 1. The molecule has 2 amide bonds. The number of fused-ring (bicyclic) bond motifs is 5. The van der Waals surface area contributed by atoms with Crippen LogP contribution in [-0.4, -0.2) is 50.7 Å². The van der Waals surface area contributed by atoms with Crippen molar-refractivity contribution in [2.24, 2.45) is 0 Å². The molecule has 0 fully saturated rings. The van der Waals surface area contributed by atoms with E-state index in [0.29, 0.717) is 66.0 Å². The zero-order valence-corrected chi connectivity index (χ0v) is 20.1. The lowest BCUT2D eigenvalue weighted by Gasteiger charge is -2.45. The summed E-state index contributed by atoms with van der Waals surface area (Å²) in [4.78, 5) is 29.3. The van der Waals surface area contributed by atoms with E-state index in [2.05, 4.69) is 5.32 Å². The molecule has 0 saturated carbocycles. The number of ether oxygens (including phenoxy) is 4. The first-order valence-electron chi connectivity index (χ1n) is 11.9. The number of benzene rings is 3. The molecule has 0 aliphatic carbocycles. The fourth-order valence-electron chi connectivity index (χ4n) is 5.48. The predicted molar refractivity (Wildman–Crippen MR) is 132 cm³/mol. The van der Waals surface area contributed by atoms with Gasteiger partial charge in [-0.3, -0.25) is 9.59 Å². The minimum absolute atomic E-state index is 0.0700. The van der Waals surface area contributed by atoms with E-state index in [0.717, 1.165) is 11.1 Å². The van der Waals surface area contributed by atoms with Gasteiger partial charge in [-0.25, -0.2) is 0 Å². The molecule has 0 saturated heterocycles. The van der Waals surface area contributed by atoms with E-state index in [1.807, 2.05) is 35.2 Å². The second kappa shape index (κ2) is 8.78. The zero-order chi connectivity index (χ0) is 24.8. The second-order valence-corrected chi connectivity index (χ2v) is 9.01. The van der Waals surface area contributed by atoms with Crippen molar-refractivity contribution >= 4 is 17.5 Å². The average molecular weight is 487 g/mol. The predicted octanol–water partition coefficient (Wildman–Crippen LogP) is 3.95. The van der Waals surface area contributed by atoms with Crippen LogP contribution in [0.2, 0.25) is 0 Å². The summed E-state index contributed by atoms with van der Waals surface area (Å²) in [5.41, 5.74) is 3.80. The van der Waals surface area contributed by atoms with Crippen LogP contribution in [0.1, 0.15) is 39.0 Å². The first-order valence-corrected chi connectivity index (χ1v) is 11.9. The van der Waals surface area contributed by atoms with E-state index in [-0.39, 0.29) is 11.8 Å². The number of methoxy groups -OCH3 is 2. The number of hydrogen-bond donors (Lipinski definition) is 1. The molecule has 0 unspecified atom stereocenters. The van der Waals surface area contributed by atoms with Gasteiger partial charge < -0.3 is 29.2 Å². The monoisotopic (exact) mass is 486 g/mol. The number of rotatable bonds is 4. The highest BCUT2D eigenvalue weighted by atomic mass is 16.6. The Bertz CT molecular complexity index is 1370. The topological polar surface area (TPSA) is 86.3 Å². The van der Waals surface area contributed by atoms with Crippen molar-refractivity contribution in [3.8, 4) is 23.0 Å². The highest BCUT2D eigenvalue weighted by Crippen LogP contribution is 2.48. The minimum Gasteiger partial charge on any atom is -0.493 e. The van der Waals surface area contributed by atoms with Gasteiger partial charge in [-0.15, -0.1) is 0 Å². The molecular formula is C28H26N2O6. The number of carbonyl (C=O) groups excluding carboxylic acids is 2. The molecule has 0 aromatic heterocycles. The molecule has 3 heterocycles. The highest BCUT2D eigenvalue weighted by molar-refractivity contribution is 6.04. The second-order valence-electron chi connectivity index (χ2n) is 9.01. The quantitative estimate of drug-likeness (QED) is 0.601. The first-order chi connectivity index (χ1) is 17.6. The molecule has 3 aromatic carbocycles. The van der Waals surface area contributed by atoms with Crippen LogP contribution < -0.4 is 24.3 Å². The van der Waals surface area contributed by atoms with Gasteiger partial charge in [0.15, 0.2) is 23.0 Å². The number of hydrogen-bond acceptors (Lipinski definition) is 6. The van der Waals surface area contributed by atoms with Crippen molar-refractivity contribution in [3.63, 3.8) is 0 Å². The van der Waals surface area contributed by atoms with Crippen molar-refractivity contribution in [1.82, 2.24) is 4.90 Å². The SMILES string of the molecule is COc1cc2c(cc1OC)[C@H]1[C@H](C(=O)Nc3ccc4c(c3)OCCO4)c3ccccc3C(=O)N1CC2. The summed E-state index contributed by atoms with van der Waals surface area (Å²) in [7, 11) is 3.18. The van der Waals surface area contributed by atoms with Crippen molar-refractivity contribution in [1.29, 1.82) is 0 Å². The normalized spacial score (nSPS) is 19.5. The molecule has 0 bridgehead atoms. The molecule has 0 spiro atoms. The molecule has 8 heteroatoms. The standard InChI is InChI=1S/C28H26N2O6/c1-33-22-13-16-9-10-30-26(20(16)15-23(22)34-2)25(18-5-3-4-6-19(18)28(30)32)27(31)29-17-7-8-21-24(14-17)36-12-11-35-21/h3-8,13-15,25-26H,9-12H2,1-2H3,(H,29,31)/t25-,26+/m1/s1. The Morgan fingerprint density at radius 2 is 1.69 bits per heavy atom. The summed E-state index contributed by atoms with van der Waals surface area (Å²) in [6.07, 6.45) is 0.663. The van der Waals surface area contributed by atoms with Crippen LogP contribution in [0.4, 0.5) is 5.69 Å². The van der Waals surface area contributed by atoms with Gasteiger partial charge in [0.05, 0.1) is 26.2 Å². The van der Waals surface area contributed by atoms with Crippen LogP contribution in [-0.2, 0) is 11.2 Å². The summed E-state index contributed by atoms with van der Waals surface area (Å²) in [5, 5.41) is 3.06. The van der Waals surface area contributed by atoms with Crippen LogP contribution in [0, 0.1) is 0 Å². The van der Waals surface area contributed by atoms with Gasteiger partial charge in [0.1, 0.15) is 13.2 Å². The molecule has 3 aliphatic rings. The first kappa shape index (κ1) is 22.3. The van der Waals surface area contributed by atoms with E-state index >= 15 is 0 Å². The van der Waals surface area contributed by atoms with E-state index in [4.69, 9.17) is 18.9 Å². The van der Waals surface area contributed by atoms with E-state index < -0.39 is 12.0 Å². The van der Waals surface area contributed by atoms with Crippen LogP contribution in [0.25, 0.3) is 0 Å². The maximum Gasteiger partial charge on any atom is 0.254 e. The van der Waals surface area contributed by atoms with Gasteiger partial charge in [0.2, 0.25) is 5.91 Å². The maximum absolute atomic E-state index is 14.0. The van der Waals surface area contributed by atoms with Crippen LogP contribution in [0.5, 0.6) is 23.0 Å².